The van der Waals surface area contributed by atoms with E-state index in [2.05, 4.69) is 6.07 Å². The van der Waals surface area contributed by atoms with E-state index >= 15 is 0 Å². The molecule has 1 aromatic carbocycles. The third-order valence-corrected chi connectivity index (χ3v) is 3.92. The molecule has 1 atom stereocenters. The molecule has 0 spiro atoms. The number of hydrogen-bond donors (Lipinski definition) is 2. The Kier molecular flexibility index (Phi) is 8.69. The fourth-order valence-corrected chi connectivity index (χ4v) is 2.82. The molecular formula is C19H31ClN2O3. The highest BCUT2D eigenvalue weighted by Gasteiger charge is 2.19. The number of aryl methyl sites for hydroxylation is 1. The Morgan fingerprint density at radius 2 is 2.04 bits per heavy atom. The fourth-order valence-electron chi connectivity index (χ4n) is 2.62. The van der Waals surface area contributed by atoms with Crippen LogP contribution in [0.2, 0.25) is 0 Å². The summed E-state index contributed by atoms with van der Waals surface area (Å²) in [5, 5.41) is 9.23. The summed E-state index contributed by atoms with van der Waals surface area (Å²) < 4.78 is 5.33. The van der Waals surface area contributed by atoms with Gasteiger partial charge >= 0.3 is 5.97 Å². The van der Waals surface area contributed by atoms with Gasteiger partial charge in [0.25, 0.3) is 0 Å². The van der Waals surface area contributed by atoms with Gasteiger partial charge in [0.1, 0.15) is 5.60 Å². The van der Waals surface area contributed by atoms with E-state index in [1.165, 1.54) is 0 Å². The molecule has 0 aliphatic carbocycles. The minimum atomic E-state index is -0.501. The number of hydrogen-bond acceptors (Lipinski definition) is 5. The molecule has 142 valence electrons. The van der Waals surface area contributed by atoms with Crippen molar-refractivity contribution in [3.63, 3.8) is 0 Å². The van der Waals surface area contributed by atoms with Gasteiger partial charge in [0.15, 0.2) is 0 Å². The van der Waals surface area contributed by atoms with Gasteiger partial charge in [-0.1, -0.05) is 6.07 Å². The van der Waals surface area contributed by atoms with Gasteiger partial charge in [0, 0.05) is 30.7 Å². The van der Waals surface area contributed by atoms with E-state index in [0.717, 1.165) is 16.8 Å². The van der Waals surface area contributed by atoms with E-state index in [9.17, 15) is 9.90 Å². The van der Waals surface area contributed by atoms with Gasteiger partial charge in [-0.2, -0.15) is 0 Å². The molecule has 0 saturated carbocycles. The number of nitrogens with zero attached hydrogens (tertiary/aromatic N) is 1. The maximum atomic E-state index is 11.9. The summed E-state index contributed by atoms with van der Waals surface area (Å²) in [4.78, 5) is 14.0. The molecular weight excluding hydrogens is 340 g/mol. The van der Waals surface area contributed by atoms with Gasteiger partial charge in [0.05, 0.1) is 13.0 Å². The highest BCUT2D eigenvalue weighted by Crippen LogP contribution is 2.21. The summed E-state index contributed by atoms with van der Waals surface area (Å²) in [5.41, 5.74) is 8.87. The molecule has 25 heavy (non-hydrogen) atoms. The molecule has 3 N–H and O–H groups in total. The van der Waals surface area contributed by atoms with Gasteiger partial charge in [0.2, 0.25) is 0 Å². The van der Waals surface area contributed by atoms with Crippen molar-refractivity contribution >= 4 is 23.3 Å². The standard InChI is InChI=1S/C19H31ClN2O3/c1-14-5-6-17(22(8-7-20)9-10-23)12-15(14)11-16(21)13-18(24)25-19(2,3)4/h5-6,12,16,23H,7-11,13,21H2,1-4H3/t16-/m0/s1. The first kappa shape index (κ1) is 21.7. The summed E-state index contributed by atoms with van der Waals surface area (Å²) >= 11 is 5.85. The predicted molar refractivity (Wildman–Crippen MR) is 103 cm³/mol. The zero-order valence-corrected chi connectivity index (χ0v) is 16.5. The van der Waals surface area contributed by atoms with Crippen molar-refractivity contribution < 1.29 is 14.6 Å². The van der Waals surface area contributed by atoms with Crippen LogP contribution in [0, 0.1) is 6.92 Å². The molecule has 0 aliphatic rings. The number of esters is 1. The Labute approximate surface area is 156 Å². The quantitative estimate of drug-likeness (QED) is 0.516. The van der Waals surface area contributed by atoms with Crippen LogP contribution < -0.4 is 10.6 Å². The molecule has 0 aliphatic heterocycles. The van der Waals surface area contributed by atoms with E-state index in [1.807, 2.05) is 44.7 Å². The minimum Gasteiger partial charge on any atom is -0.460 e. The first-order chi connectivity index (χ1) is 11.7. The number of nitrogens with two attached hydrogens (primary N) is 1. The van der Waals surface area contributed by atoms with Crippen molar-refractivity contribution in [3.05, 3.63) is 29.3 Å². The summed E-state index contributed by atoms with van der Waals surface area (Å²) in [5.74, 6) is 0.208. The number of rotatable bonds is 9. The van der Waals surface area contributed by atoms with Crippen LogP contribution in [0.3, 0.4) is 0 Å². The van der Waals surface area contributed by atoms with Crippen molar-refractivity contribution in [3.8, 4) is 0 Å². The third-order valence-electron chi connectivity index (χ3n) is 3.75. The van der Waals surface area contributed by atoms with Crippen molar-refractivity contribution in [2.45, 2.75) is 52.2 Å². The van der Waals surface area contributed by atoms with Crippen molar-refractivity contribution in [1.29, 1.82) is 0 Å². The lowest BCUT2D eigenvalue weighted by Gasteiger charge is -2.25. The van der Waals surface area contributed by atoms with E-state index in [-0.39, 0.29) is 25.0 Å². The van der Waals surface area contributed by atoms with Crippen LogP contribution in [0.4, 0.5) is 5.69 Å². The number of carbonyl (C=O) groups excluding carboxylic acids is 1. The Morgan fingerprint density at radius 1 is 1.36 bits per heavy atom. The molecule has 0 fully saturated rings. The Balaban J connectivity index is 2.80. The maximum absolute atomic E-state index is 11.9. The highest BCUT2D eigenvalue weighted by molar-refractivity contribution is 6.18. The summed E-state index contributed by atoms with van der Waals surface area (Å²) in [6, 6.07) is 5.80. The predicted octanol–water partition coefficient (Wildman–Crippen LogP) is 2.63. The zero-order valence-electron chi connectivity index (χ0n) is 15.7. The Bertz CT molecular complexity index is 552. The molecule has 0 saturated heterocycles. The van der Waals surface area contributed by atoms with Crippen molar-refractivity contribution in [2.24, 2.45) is 5.73 Å². The number of benzene rings is 1. The van der Waals surface area contributed by atoms with Gasteiger partial charge in [-0.3, -0.25) is 4.79 Å². The Hall–Kier alpha value is -1.30. The Morgan fingerprint density at radius 3 is 2.60 bits per heavy atom. The molecule has 0 radical (unpaired) electrons. The minimum absolute atomic E-state index is 0.0677. The second-order valence-corrected chi connectivity index (χ2v) is 7.64. The second kappa shape index (κ2) is 10.00. The van der Waals surface area contributed by atoms with Gasteiger partial charge in [-0.25, -0.2) is 0 Å². The number of alkyl halides is 1. The molecule has 0 unspecified atom stereocenters. The monoisotopic (exact) mass is 370 g/mol. The van der Waals surface area contributed by atoms with Crippen molar-refractivity contribution in [1.82, 2.24) is 0 Å². The maximum Gasteiger partial charge on any atom is 0.307 e. The zero-order chi connectivity index (χ0) is 19.0. The lowest BCUT2D eigenvalue weighted by molar-refractivity contribution is -0.155. The van der Waals surface area contributed by atoms with Crippen LogP contribution in [-0.2, 0) is 16.0 Å². The van der Waals surface area contributed by atoms with Crippen LogP contribution in [0.25, 0.3) is 0 Å². The summed E-state index contributed by atoms with van der Waals surface area (Å²) in [6.45, 7) is 8.81. The SMILES string of the molecule is Cc1ccc(N(CCO)CCCl)cc1C[C@H](N)CC(=O)OC(C)(C)C. The van der Waals surface area contributed by atoms with E-state index in [4.69, 9.17) is 22.1 Å². The number of aliphatic hydroxyl groups is 1. The smallest absolute Gasteiger partial charge is 0.307 e. The number of halogens is 1. The lowest BCUT2D eigenvalue weighted by atomic mass is 9.98. The lowest BCUT2D eigenvalue weighted by Crippen LogP contribution is -2.32. The molecule has 0 amide bonds. The number of ether oxygens (including phenoxy) is 1. The van der Waals surface area contributed by atoms with Crippen LogP contribution in [0.5, 0.6) is 0 Å². The van der Waals surface area contributed by atoms with Gasteiger partial charge in [-0.05, 0) is 57.4 Å². The van der Waals surface area contributed by atoms with Gasteiger partial charge in [-0.15, -0.1) is 11.6 Å². The number of carbonyl (C=O) groups is 1. The second-order valence-electron chi connectivity index (χ2n) is 7.27. The van der Waals surface area contributed by atoms with Crippen LogP contribution in [-0.4, -0.2) is 48.3 Å². The molecule has 0 aromatic heterocycles. The first-order valence-electron chi connectivity index (χ1n) is 8.65. The third kappa shape index (κ3) is 8.08. The molecule has 6 heteroatoms. The van der Waals surface area contributed by atoms with Crippen LogP contribution >= 0.6 is 11.6 Å². The first-order valence-corrected chi connectivity index (χ1v) is 9.18. The van der Waals surface area contributed by atoms with Crippen LogP contribution in [0.15, 0.2) is 18.2 Å². The molecule has 1 rings (SSSR count). The topological polar surface area (TPSA) is 75.8 Å². The van der Waals surface area contributed by atoms with Crippen LogP contribution in [0.1, 0.15) is 38.3 Å². The average molecular weight is 371 g/mol. The molecule has 0 bridgehead atoms. The molecule has 5 nitrogen and oxygen atoms in total. The number of aliphatic hydroxyl groups excluding tert-OH is 1. The summed E-state index contributed by atoms with van der Waals surface area (Å²) in [7, 11) is 0. The van der Waals surface area contributed by atoms with E-state index in [0.29, 0.717) is 25.4 Å². The van der Waals surface area contributed by atoms with Crippen molar-refractivity contribution in [2.75, 3.05) is 30.5 Å². The summed E-state index contributed by atoms with van der Waals surface area (Å²) in [6.07, 6.45) is 0.774. The average Bonchev–Trinajstić information content (AvgIpc) is 2.47. The molecule has 0 heterocycles. The number of anilines is 1. The molecule has 1 aromatic rings. The van der Waals surface area contributed by atoms with E-state index in [1.54, 1.807) is 0 Å². The van der Waals surface area contributed by atoms with E-state index < -0.39 is 5.60 Å². The van der Waals surface area contributed by atoms with Gasteiger partial charge < -0.3 is 20.5 Å². The highest BCUT2D eigenvalue weighted by atomic mass is 35.5. The normalized spacial score (nSPS) is 12.8. The largest absolute Gasteiger partial charge is 0.460 e. The fraction of sp³-hybridized carbons (Fsp3) is 0.632.